The van der Waals surface area contributed by atoms with Gasteiger partial charge in [0, 0.05) is 26.3 Å². The first-order valence-corrected chi connectivity index (χ1v) is 5.18. The number of hydrogen-bond donors (Lipinski definition) is 0. The molecule has 96 valence electrons. The molecule has 1 rings (SSSR count). The van der Waals surface area contributed by atoms with Gasteiger partial charge in [-0.05, 0) is 0 Å². The summed E-state index contributed by atoms with van der Waals surface area (Å²) in [6, 6.07) is 3.65. The molecule has 5 heteroatoms. The van der Waals surface area contributed by atoms with E-state index in [1.165, 1.54) is 0 Å². The number of hydrogen-bond acceptors (Lipinski definition) is 5. The van der Waals surface area contributed by atoms with Gasteiger partial charge in [-0.25, -0.2) is 0 Å². The van der Waals surface area contributed by atoms with Gasteiger partial charge in [-0.15, -0.1) is 0 Å². The fourth-order valence-corrected chi connectivity index (χ4v) is 1.57. The Morgan fingerprint density at radius 2 is 1.41 bits per heavy atom. The second-order valence-electron chi connectivity index (χ2n) is 3.49. The standard InChI is InChI=1S/C12H19NO4/c1-13(8-14-2)9-6-11(16-4)12(17-5)7-10(9)15-3/h6-7H,8H2,1-5H3. The lowest BCUT2D eigenvalue weighted by atomic mass is 10.2. The molecule has 17 heavy (non-hydrogen) atoms. The average Bonchev–Trinajstić information content (AvgIpc) is 2.37. The van der Waals surface area contributed by atoms with Crippen LogP contribution in [0.15, 0.2) is 12.1 Å². The van der Waals surface area contributed by atoms with E-state index < -0.39 is 0 Å². The van der Waals surface area contributed by atoms with E-state index in [0.29, 0.717) is 24.0 Å². The average molecular weight is 241 g/mol. The third-order valence-electron chi connectivity index (χ3n) is 2.42. The molecule has 0 unspecified atom stereocenters. The lowest BCUT2D eigenvalue weighted by molar-refractivity contribution is 0.201. The Kier molecular flexibility index (Phi) is 4.90. The maximum Gasteiger partial charge on any atom is 0.164 e. The third kappa shape index (κ3) is 2.94. The van der Waals surface area contributed by atoms with Crippen molar-refractivity contribution in [3.8, 4) is 17.2 Å². The highest BCUT2D eigenvalue weighted by molar-refractivity contribution is 5.65. The van der Waals surface area contributed by atoms with E-state index in [0.717, 1.165) is 5.69 Å². The summed E-state index contributed by atoms with van der Waals surface area (Å²) < 4.78 is 20.9. The third-order valence-corrected chi connectivity index (χ3v) is 2.42. The second kappa shape index (κ2) is 6.20. The van der Waals surface area contributed by atoms with Gasteiger partial charge in [-0.2, -0.15) is 0 Å². The van der Waals surface area contributed by atoms with Gasteiger partial charge < -0.3 is 23.8 Å². The largest absolute Gasteiger partial charge is 0.494 e. The van der Waals surface area contributed by atoms with Gasteiger partial charge in [0.2, 0.25) is 0 Å². The minimum Gasteiger partial charge on any atom is -0.494 e. The van der Waals surface area contributed by atoms with Crippen molar-refractivity contribution in [2.75, 3.05) is 47.1 Å². The van der Waals surface area contributed by atoms with Crippen molar-refractivity contribution in [3.63, 3.8) is 0 Å². The fraction of sp³-hybridized carbons (Fsp3) is 0.500. The van der Waals surface area contributed by atoms with Crippen molar-refractivity contribution < 1.29 is 18.9 Å². The van der Waals surface area contributed by atoms with Crippen molar-refractivity contribution in [1.82, 2.24) is 0 Å². The van der Waals surface area contributed by atoms with E-state index in [4.69, 9.17) is 18.9 Å². The maximum absolute atomic E-state index is 5.32. The predicted octanol–water partition coefficient (Wildman–Crippen LogP) is 1.75. The van der Waals surface area contributed by atoms with Crippen molar-refractivity contribution in [2.24, 2.45) is 0 Å². The van der Waals surface area contributed by atoms with Crippen molar-refractivity contribution >= 4 is 5.69 Å². The molecule has 0 aliphatic heterocycles. The number of methoxy groups -OCH3 is 4. The lowest BCUT2D eigenvalue weighted by Crippen LogP contribution is -2.20. The Morgan fingerprint density at radius 3 is 1.88 bits per heavy atom. The van der Waals surface area contributed by atoms with E-state index in [9.17, 15) is 0 Å². The molecule has 0 spiro atoms. The molecule has 0 aliphatic rings. The predicted molar refractivity (Wildman–Crippen MR) is 66.4 cm³/mol. The number of benzene rings is 1. The molecule has 0 bridgehead atoms. The number of nitrogens with zero attached hydrogens (tertiary/aromatic N) is 1. The fourth-order valence-electron chi connectivity index (χ4n) is 1.57. The summed E-state index contributed by atoms with van der Waals surface area (Å²) in [6.07, 6.45) is 0. The zero-order chi connectivity index (χ0) is 12.8. The van der Waals surface area contributed by atoms with Crippen LogP contribution in [-0.4, -0.2) is 42.2 Å². The number of rotatable bonds is 6. The summed E-state index contributed by atoms with van der Waals surface area (Å²) in [6.45, 7) is 0.464. The first-order valence-electron chi connectivity index (χ1n) is 5.18. The number of anilines is 1. The monoisotopic (exact) mass is 241 g/mol. The van der Waals surface area contributed by atoms with Crippen LogP contribution in [0.3, 0.4) is 0 Å². The van der Waals surface area contributed by atoms with Gasteiger partial charge in [0.15, 0.2) is 11.5 Å². The molecule has 1 aromatic rings. The van der Waals surface area contributed by atoms with Crippen LogP contribution >= 0.6 is 0 Å². The van der Waals surface area contributed by atoms with Crippen LogP contribution in [0.25, 0.3) is 0 Å². The van der Waals surface area contributed by atoms with Crippen LogP contribution in [0.5, 0.6) is 17.2 Å². The molecule has 0 saturated heterocycles. The van der Waals surface area contributed by atoms with Gasteiger partial charge in [0.05, 0.1) is 27.0 Å². The molecule has 1 aromatic carbocycles. The lowest BCUT2D eigenvalue weighted by Gasteiger charge is -2.22. The molecular weight excluding hydrogens is 222 g/mol. The molecule has 0 radical (unpaired) electrons. The smallest absolute Gasteiger partial charge is 0.164 e. The topological polar surface area (TPSA) is 40.2 Å². The van der Waals surface area contributed by atoms with Gasteiger partial charge >= 0.3 is 0 Å². The Hall–Kier alpha value is -1.62. The Morgan fingerprint density at radius 1 is 0.882 bits per heavy atom. The molecule has 0 N–H and O–H groups in total. The zero-order valence-corrected chi connectivity index (χ0v) is 10.9. The Bertz CT molecular complexity index is 368. The first-order chi connectivity index (χ1) is 8.17. The zero-order valence-electron chi connectivity index (χ0n) is 10.9. The van der Waals surface area contributed by atoms with E-state index >= 15 is 0 Å². The Balaban J connectivity index is 3.18. The minimum atomic E-state index is 0.464. The van der Waals surface area contributed by atoms with Gasteiger partial charge in [-0.1, -0.05) is 0 Å². The van der Waals surface area contributed by atoms with E-state index in [2.05, 4.69) is 0 Å². The second-order valence-corrected chi connectivity index (χ2v) is 3.49. The summed E-state index contributed by atoms with van der Waals surface area (Å²) >= 11 is 0. The van der Waals surface area contributed by atoms with Gasteiger partial charge in [-0.3, -0.25) is 0 Å². The SMILES string of the molecule is COCN(C)c1cc(OC)c(OC)cc1OC. The van der Waals surface area contributed by atoms with E-state index in [1.807, 2.05) is 18.0 Å². The van der Waals surface area contributed by atoms with E-state index in [1.54, 1.807) is 34.5 Å². The molecule has 0 aliphatic carbocycles. The van der Waals surface area contributed by atoms with Crippen LogP contribution in [0.4, 0.5) is 5.69 Å². The molecule has 5 nitrogen and oxygen atoms in total. The maximum atomic E-state index is 5.32. The molecule has 0 heterocycles. The highest BCUT2D eigenvalue weighted by atomic mass is 16.5. The molecular formula is C12H19NO4. The van der Waals surface area contributed by atoms with Crippen LogP contribution in [-0.2, 0) is 4.74 Å². The molecule has 0 atom stereocenters. The summed E-state index contributed by atoms with van der Waals surface area (Å²) in [7, 11) is 8.36. The summed E-state index contributed by atoms with van der Waals surface area (Å²) in [5.74, 6) is 2.01. The van der Waals surface area contributed by atoms with Crippen LogP contribution in [0.2, 0.25) is 0 Å². The highest BCUT2D eigenvalue weighted by Gasteiger charge is 2.14. The first kappa shape index (κ1) is 13.4. The van der Waals surface area contributed by atoms with Crippen molar-refractivity contribution in [1.29, 1.82) is 0 Å². The minimum absolute atomic E-state index is 0.464. The van der Waals surface area contributed by atoms with Crippen molar-refractivity contribution in [2.45, 2.75) is 0 Å². The summed E-state index contributed by atoms with van der Waals surface area (Å²) in [5.41, 5.74) is 0.881. The number of ether oxygens (including phenoxy) is 4. The molecule has 0 saturated carbocycles. The molecule has 0 aromatic heterocycles. The molecule has 0 fully saturated rings. The van der Waals surface area contributed by atoms with Gasteiger partial charge in [0.1, 0.15) is 12.5 Å². The normalized spacial score (nSPS) is 9.94. The Labute approximate surface area is 102 Å². The van der Waals surface area contributed by atoms with Crippen LogP contribution in [0.1, 0.15) is 0 Å². The van der Waals surface area contributed by atoms with Crippen LogP contribution < -0.4 is 19.1 Å². The summed E-state index contributed by atoms with van der Waals surface area (Å²) in [5, 5.41) is 0. The molecule has 0 amide bonds. The van der Waals surface area contributed by atoms with Crippen LogP contribution in [0, 0.1) is 0 Å². The quantitative estimate of drug-likeness (QED) is 0.710. The van der Waals surface area contributed by atoms with E-state index in [-0.39, 0.29) is 0 Å². The summed E-state index contributed by atoms with van der Waals surface area (Å²) in [4.78, 5) is 1.92. The van der Waals surface area contributed by atoms with Gasteiger partial charge in [0.25, 0.3) is 0 Å². The van der Waals surface area contributed by atoms with Crippen molar-refractivity contribution in [3.05, 3.63) is 12.1 Å². The highest BCUT2D eigenvalue weighted by Crippen LogP contribution is 2.39.